The standard InChI is InChI=1S/C16H22N2O5S/c1-12-11-17-5-6-18(12)16(19)4-9-24(20,21)13-2-3-14-15(10-13)23-8-7-22-14/h2-3,10,12,17H,4-9,11H2,1H3/t12-/m0/s1. The van der Waals surface area contributed by atoms with Gasteiger partial charge in [-0.15, -0.1) is 0 Å². The van der Waals surface area contributed by atoms with Gasteiger partial charge in [-0.3, -0.25) is 4.79 Å². The van der Waals surface area contributed by atoms with Crippen LogP contribution in [0.5, 0.6) is 11.5 Å². The highest BCUT2D eigenvalue weighted by molar-refractivity contribution is 7.91. The highest BCUT2D eigenvalue weighted by atomic mass is 32.2. The molecular formula is C16H22N2O5S. The molecule has 2 aliphatic rings. The number of carbonyl (C=O) groups excluding carboxylic acids is 1. The summed E-state index contributed by atoms with van der Waals surface area (Å²) in [4.78, 5) is 14.2. The van der Waals surface area contributed by atoms with E-state index in [0.29, 0.717) is 31.3 Å². The molecule has 1 amide bonds. The van der Waals surface area contributed by atoms with Gasteiger partial charge in [0.1, 0.15) is 13.2 Å². The molecule has 1 fully saturated rings. The summed E-state index contributed by atoms with van der Waals surface area (Å²) < 4.78 is 35.8. The molecule has 1 aromatic rings. The second-order valence-corrected chi connectivity index (χ2v) is 8.12. The first kappa shape index (κ1) is 17.0. The normalized spacial score (nSPS) is 20.7. The molecule has 3 rings (SSSR count). The van der Waals surface area contributed by atoms with E-state index >= 15 is 0 Å². The first-order valence-corrected chi connectivity index (χ1v) is 9.75. The van der Waals surface area contributed by atoms with Gasteiger partial charge in [-0.1, -0.05) is 0 Å². The van der Waals surface area contributed by atoms with Crippen LogP contribution >= 0.6 is 0 Å². The summed E-state index contributed by atoms with van der Waals surface area (Å²) in [6, 6.07) is 4.66. The number of rotatable bonds is 4. The zero-order chi connectivity index (χ0) is 17.2. The third-order valence-electron chi connectivity index (χ3n) is 4.28. The molecule has 2 aliphatic heterocycles. The highest BCUT2D eigenvalue weighted by Gasteiger charge is 2.25. The van der Waals surface area contributed by atoms with Crippen molar-refractivity contribution in [3.05, 3.63) is 18.2 Å². The molecule has 0 aromatic heterocycles. The van der Waals surface area contributed by atoms with Gasteiger partial charge < -0.3 is 19.7 Å². The first-order valence-electron chi connectivity index (χ1n) is 8.10. The first-order chi connectivity index (χ1) is 11.5. The summed E-state index contributed by atoms with van der Waals surface area (Å²) in [5, 5.41) is 3.21. The third kappa shape index (κ3) is 3.64. The van der Waals surface area contributed by atoms with Crippen molar-refractivity contribution in [1.82, 2.24) is 10.2 Å². The van der Waals surface area contributed by atoms with Gasteiger partial charge >= 0.3 is 0 Å². The van der Waals surface area contributed by atoms with Gasteiger partial charge in [0.25, 0.3) is 0 Å². The largest absolute Gasteiger partial charge is 0.486 e. The summed E-state index contributed by atoms with van der Waals surface area (Å²) >= 11 is 0. The van der Waals surface area contributed by atoms with Crippen molar-refractivity contribution in [2.45, 2.75) is 24.3 Å². The molecule has 0 unspecified atom stereocenters. The Labute approximate surface area is 141 Å². The van der Waals surface area contributed by atoms with Crippen molar-refractivity contribution < 1.29 is 22.7 Å². The lowest BCUT2D eigenvalue weighted by Crippen LogP contribution is -2.52. The van der Waals surface area contributed by atoms with Gasteiger partial charge in [-0.05, 0) is 19.1 Å². The van der Waals surface area contributed by atoms with E-state index in [4.69, 9.17) is 9.47 Å². The Morgan fingerprint density at radius 1 is 1.29 bits per heavy atom. The van der Waals surface area contributed by atoms with Crippen molar-refractivity contribution >= 4 is 15.7 Å². The summed E-state index contributed by atoms with van der Waals surface area (Å²) in [6.45, 7) is 4.90. The molecule has 0 radical (unpaired) electrons. The van der Waals surface area contributed by atoms with Crippen LogP contribution in [0.4, 0.5) is 0 Å². The van der Waals surface area contributed by atoms with Crippen LogP contribution in [0.25, 0.3) is 0 Å². The molecule has 132 valence electrons. The Balaban J connectivity index is 1.66. The number of ether oxygens (including phenoxy) is 2. The number of hydrogen-bond acceptors (Lipinski definition) is 6. The maximum atomic E-state index is 12.5. The number of piperazine rings is 1. The summed E-state index contributed by atoms with van der Waals surface area (Å²) in [5.41, 5.74) is 0. The minimum atomic E-state index is -3.54. The number of carbonyl (C=O) groups is 1. The minimum Gasteiger partial charge on any atom is -0.486 e. The monoisotopic (exact) mass is 354 g/mol. The predicted molar refractivity (Wildman–Crippen MR) is 88.1 cm³/mol. The molecule has 1 atom stereocenters. The Morgan fingerprint density at radius 3 is 2.79 bits per heavy atom. The Hall–Kier alpha value is -1.80. The van der Waals surface area contributed by atoms with Crippen LogP contribution in [-0.2, 0) is 14.6 Å². The van der Waals surface area contributed by atoms with Gasteiger partial charge in [0.05, 0.1) is 10.6 Å². The molecule has 1 saturated heterocycles. The summed E-state index contributed by atoms with van der Waals surface area (Å²) in [7, 11) is -3.54. The molecule has 8 heteroatoms. The molecule has 0 spiro atoms. The molecular weight excluding hydrogens is 332 g/mol. The van der Waals surface area contributed by atoms with Gasteiger partial charge in [-0.2, -0.15) is 0 Å². The average Bonchev–Trinajstić information content (AvgIpc) is 2.60. The van der Waals surface area contributed by atoms with Crippen LogP contribution in [0, 0.1) is 0 Å². The van der Waals surface area contributed by atoms with E-state index in [9.17, 15) is 13.2 Å². The number of fused-ring (bicyclic) bond motifs is 1. The van der Waals surface area contributed by atoms with E-state index in [-0.39, 0.29) is 29.0 Å². The van der Waals surface area contributed by atoms with Crippen molar-refractivity contribution in [1.29, 1.82) is 0 Å². The second-order valence-electron chi connectivity index (χ2n) is 6.01. The smallest absolute Gasteiger partial charge is 0.223 e. The predicted octanol–water partition coefficient (Wildman–Crippen LogP) is 0.442. The Morgan fingerprint density at radius 2 is 2.04 bits per heavy atom. The van der Waals surface area contributed by atoms with Crippen LogP contribution in [0.15, 0.2) is 23.1 Å². The molecule has 0 bridgehead atoms. The van der Waals surface area contributed by atoms with E-state index in [2.05, 4.69) is 5.32 Å². The van der Waals surface area contributed by atoms with Crippen molar-refractivity contribution in [2.24, 2.45) is 0 Å². The molecule has 7 nitrogen and oxygen atoms in total. The van der Waals surface area contributed by atoms with Crippen molar-refractivity contribution in [3.63, 3.8) is 0 Å². The molecule has 0 saturated carbocycles. The lowest BCUT2D eigenvalue weighted by molar-refractivity contribution is -0.133. The van der Waals surface area contributed by atoms with E-state index < -0.39 is 9.84 Å². The van der Waals surface area contributed by atoms with Crippen LogP contribution in [-0.4, -0.2) is 63.9 Å². The minimum absolute atomic E-state index is 0.0128. The topological polar surface area (TPSA) is 84.9 Å². The van der Waals surface area contributed by atoms with Crippen LogP contribution in [0.1, 0.15) is 13.3 Å². The Kier molecular flexibility index (Phi) is 4.96. The van der Waals surface area contributed by atoms with Crippen molar-refractivity contribution in [3.8, 4) is 11.5 Å². The van der Waals surface area contributed by atoms with E-state index in [0.717, 1.165) is 13.1 Å². The van der Waals surface area contributed by atoms with Crippen LogP contribution in [0.3, 0.4) is 0 Å². The maximum Gasteiger partial charge on any atom is 0.223 e. The van der Waals surface area contributed by atoms with E-state index in [1.807, 2.05) is 6.92 Å². The fourth-order valence-corrected chi connectivity index (χ4v) is 4.15. The van der Waals surface area contributed by atoms with Crippen molar-refractivity contribution in [2.75, 3.05) is 38.6 Å². The van der Waals surface area contributed by atoms with Gasteiger partial charge in [0.15, 0.2) is 21.3 Å². The maximum absolute atomic E-state index is 12.5. The lowest BCUT2D eigenvalue weighted by Gasteiger charge is -2.34. The number of amides is 1. The highest BCUT2D eigenvalue weighted by Crippen LogP contribution is 2.32. The van der Waals surface area contributed by atoms with Crippen LogP contribution in [0.2, 0.25) is 0 Å². The Bertz CT molecular complexity index is 719. The van der Waals surface area contributed by atoms with Gasteiger partial charge in [-0.25, -0.2) is 8.42 Å². The molecule has 24 heavy (non-hydrogen) atoms. The number of hydrogen-bond donors (Lipinski definition) is 1. The second kappa shape index (κ2) is 6.98. The fraction of sp³-hybridized carbons (Fsp3) is 0.562. The zero-order valence-electron chi connectivity index (χ0n) is 13.7. The quantitative estimate of drug-likeness (QED) is 0.845. The number of nitrogens with zero attached hydrogens (tertiary/aromatic N) is 1. The molecule has 2 heterocycles. The number of sulfone groups is 1. The summed E-state index contributed by atoms with van der Waals surface area (Å²) in [6.07, 6.45) is -0.0128. The molecule has 0 aliphatic carbocycles. The third-order valence-corrected chi connectivity index (χ3v) is 5.99. The van der Waals surface area contributed by atoms with E-state index in [1.165, 1.54) is 12.1 Å². The fourth-order valence-electron chi connectivity index (χ4n) is 2.91. The zero-order valence-corrected chi connectivity index (χ0v) is 14.5. The number of nitrogens with one attached hydrogen (secondary N) is 1. The average molecular weight is 354 g/mol. The van der Waals surface area contributed by atoms with Crippen LogP contribution < -0.4 is 14.8 Å². The molecule has 1 aromatic carbocycles. The van der Waals surface area contributed by atoms with E-state index in [1.54, 1.807) is 11.0 Å². The molecule has 1 N–H and O–H groups in total. The SMILES string of the molecule is C[C@H]1CNCCN1C(=O)CCS(=O)(=O)c1ccc2c(c1)OCCO2. The summed E-state index contributed by atoms with van der Waals surface area (Å²) in [5.74, 6) is 0.655. The lowest BCUT2D eigenvalue weighted by atomic mass is 10.2. The van der Waals surface area contributed by atoms with Gasteiger partial charge in [0, 0.05) is 38.2 Å². The van der Waals surface area contributed by atoms with Gasteiger partial charge in [0.2, 0.25) is 5.91 Å². The number of benzene rings is 1.